The number of halogens is 1. The summed E-state index contributed by atoms with van der Waals surface area (Å²) in [6, 6.07) is 6.44. The summed E-state index contributed by atoms with van der Waals surface area (Å²) in [5.41, 5.74) is -1.14. The molecule has 3 N–H and O–H groups in total. The molecule has 180 valence electrons. The standard InChI is InChI=1S/C24H32ClN3O4S/c1-26-21(29)23-11-15-9-16(12-23)20(17(10-15)13-23)28-22(30)24(7-4-8-24)27-14-33(31,32)19-6-3-2-5-18(19)25/h2-3,5-6,15-17,20,27H,4,7-14H2,1H3,(H,26,29)(H,28,30). The van der Waals surface area contributed by atoms with Crippen LogP contribution in [0.4, 0.5) is 0 Å². The Labute approximate surface area is 200 Å². The zero-order valence-corrected chi connectivity index (χ0v) is 20.5. The van der Waals surface area contributed by atoms with E-state index in [0.717, 1.165) is 38.5 Å². The fourth-order valence-electron chi connectivity index (χ4n) is 7.12. The van der Waals surface area contributed by atoms with Gasteiger partial charge in [0, 0.05) is 13.1 Å². The minimum Gasteiger partial charge on any atom is -0.359 e. The Hall–Kier alpha value is -1.64. The minimum absolute atomic E-state index is 0.0614. The van der Waals surface area contributed by atoms with Gasteiger partial charge in [0.1, 0.15) is 5.88 Å². The van der Waals surface area contributed by atoms with Crippen LogP contribution in [-0.2, 0) is 19.4 Å². The van der Waals surface area contributed by atoms with Gasteiger partial charge in [-0.25, -0.2) is 8.42 Å². The van der Waals surface area contributed by atoms with Crippen LogP contribution in [0.5, 0.6) is 0 Å². The van der Waals surface area contributed by atoms with Crippen molar-refractivity contribution in [1.29, 1.82) is 0 Å². The molecule has 5 saturated carbocycles. The summed E-state index contributed by atoms with van der Waals surface area (Å²) in [5, 5.41) is 9.45. The van der Waals surface area contributed by atoms with Crippen LogP contribution in [0.2, 0.25) is 5.02 Å². The van der Waals surface area contributed by atoms with Crippen molar-refractivity contribution in [2.24, 2.45) is 23.2 Å². The average molecular weight is 494 g/mol. The van der Waals surface area contributed by atoms with Gasteiger partial charge in [-0.05, 0) is 81.3 Å². The zero-order valence-electron chi connectivity index (χ0n) is 18.9. The molecule has 5 aliphatic carbocycles. The van der Waals surface area contributed by atoms with E-state index in [-0.39, 0.29) is 39.1 Å². The van der Waals surface area contributed by atoms with Gasteiger partial charge >= 0.3 is 0 Å². The first-order valence-electron chi connectivity index (χ1n) is 11.9. The van der Waals surface area contributed by atoms with Crippen LogP contribution in [0.1, 0.15) is 51.4 Å². The van der Waals surface area contributed by atoms with Crippen LogP contribution in [0.15, 0.2) is 29.2 Å². The third kappa shape index (κ3) is 3.88. The smallest absolute Gasteiger partial charge is 0.240 e. The number of hydrogen-bond acceptors (Lipinski definition) is 5. The monoisotopic (exact) mass is 493 g/mol. The Morgan fingerprint density at radius 1 is 1.06 bits per heavy atom. The molecule has 0 spiro atoms. The summed E-state index contributed by atoms with van der Waals surface area (Å²) in [4.78, 5) is 26.2. The Bertz CT molecular complexity index is 1060. The van der Waals surface area contributed by atoms with Gasteiger partial charge in [-0.2, -0.15) is 0 Å². The van der Waals surface area contributed by atoms with E-state index in [9.17, 15) is 18.0 Å². The second-order valence-corrected chi connectivity index (χ2v) is 13.0. The Balaban J connectivity index is 1.28. The van der Waals surface area contributed by atoms with Crippen molar-refractivity contribution >= 4 is 33.3 Å². The molecule has 2 amide bonds. The molecular weight excluding hydrogens is 462 g/mol. The highest BCUT2D eigenvalue weighted by Crippen LogP contribution is 2.60. The van der Waals surface area contributed by atoms with E-state index in [4.69, 9.17) is 11.6 Å². The molecule has 2 atom stereocenters. The van der Waals surface area contributed by atoms with Crippen molar-refractivity contribution in [1.82, 2.24) is 16.0 Å². The molecule has 0 saturated heterocycles. The topological polar surface area (TPSA) is 104 Å². The maximum absolute atomic E-state index is 13.5. The Morgan fingerprint density at radius 3 is 2.30 bits per heavy atom. The van der Waals surface area contributed by atoms with Crippen LogP contribution in [0.25, 0.3) is 0 Å². The molecule has 0 aliphatic heterocycles. The van der Waals surface area contributed by atoms with Gasteiger partial charge in [-0.1, -0.05) is 23.7 Å². The lowest BCUT2D eigenvalue weighted by Gasteiger charge is -2.59. The van der Waals surface area contributed by atoms with Gasteiger partial charge in [0.15, 0.2) is 9.84 Å². The maximum atomic E-state index is 13.5. The lowest BCUT2D eigenvalue weighted by Crippen LogP contribution is -2.67. The number of carbonyl (C=O) groups is 2. The van der Waals surface area contributed by atoms with Crippen LogP contribution in [0, 0.1) is 23.2 Å². The number of nitrogens with one attached hydrogen (secondary N) is 3. The first-order chi connectivity index (χ1) is 15.7. The lowest BCUT2D eigenvalue weighted by molar-refractivity contribution is -0.151. The van der Waals surface area contributed by atoms with E-state index in [1.807, 2.05) is 0 Å². The maximum Gasteiger partial charge on any atom is 0.240 e. The molecule has 0 aromatic heterocycles. The summed E-state index contributed by atoms with van der Waals surface area (Å²) >= 11 is 6.10. The molecule has 5 aliphatic rings. The SMILES string of the molecule is CNC(=O)C12CC3CC(C1)C(NC(=O)C1(NCS(=O)(=O)c4ccccc4Cl)CCC1)C(C3)C2. The highest BCUT2D eigenvalue weighted by atomic mass is 35.5. The van der Waals surface area contributed by atoms with Crippen LogP contribution in [0.3, 0.4) is 0 Å². The number of hydrogen-bond donors (Lipinski definition) is 3. The summed E-state index contributed by atoms with van der Waals surface area (Å²) < 4.78 is 25.7. The van der Waals surface area contributed by atoms with Crippen LogP contribution >= 0.6 is 11.6 Å². The normalized spacial score (nSPS) is 33.9. The summed E-state index contributed by atoms with van der Waals surface area (Å²) in [6.45, 7) is 0. The molecule has 33 heavy (non-hydrogen) atoms. The number of benzene rings is 1. The predicted octanol–water partition coefficient (Wildman–Crippen LogP) is 2.64. The van der Waals surface area contributed by atoms with E-state index in [1.54, 1.807) is 25.2 Å². The van der Waals surface area contributed by atoms with Crippen LogP contribution < -0.4 is 16.0 Å². The highest BCUT2D eigenvalue weighted by Gasteiger charge is 2.59. The molecule has 0 heterocycles. The summed E-state index contributed by atoms with van der Waals surface area (Å²) in [6.07, 6.45) is 6.84. The average Bonchev–Trinajstić information content (AvgIpc) is 2.74. The van der Waals surface area contributed by atoms with Gasteiger partial charge in [-0.15, -0.1) is 0 Å². The van der Waals surface area contributed by atoms with Gasteiger partial charge in [0.2, 0.25) is 11.8 Å². The number of amides is 2. The molecular formula is C24H32ClN3O4S. The third-order valence-electron chi connectivity index (χ3n) is 8.69. The molecule has 7 nitrogen and oxygen atoms in total. The van der Waals surface area contributed by atoms with E-state index < -0.39 is 15.4 Å². The number of rotatable bonds is 7. The van der Waals surface area contributed by atoms with E-state index in [0.29, 0.717) is 30.6 Å². The quantitative estimate of drug-likeness (QED) is 0.541. The van der Waals surface area contributed by atoms with Crippen molar-refractivity contribution in [3.05, 3.63) is 29.3 Å². The predicted molar refractivity (Wildman–Crippen MR) is 125 cm³/mol. The van der Waals surface area contributed by atoms with Crippen molar-refractivity contribution in [3.8, 4) is 0 Å². The fraction of sp³-hybridized carbons (Fsp3) is 0.667. The minimum atomic E-state index is -3.67. The van der Waals surface area contributed by atoms with Crippen molar-refractivity contribution in [3.63, 3.8) is 0 Å². The first kappa shape index (κ1) is 23.1. The molecule has 4 bridgehead atoms. The lowest BCUT2D eigenvalue weighted by atomic mass is 9.47. The highest BCUT2D eigenvalue weighted by molar-refractivity contribution is 7.91. The first-order valence-corrected chi connectivity index (χ1v) is 14.0. The molecule has 1 aromatic carbocycles. The molecule has 5 fully saturated rings. The fourth-order valence-corrected chi connectivity index (χ4v) is 8.88. The second-order valence-electron chi connectivity index (χ2n) is 10.6. The molecule has 2 unspecified atom stereocenters. The van der Waals surface area contributed by atoms with E-state index >= 15 is 0 Å². The van der Waals surface area contributed by atoms with Crippen molar-refractivity contribution in [2.75, 3.05) is 12.9 Å². The largest absolute Gasteiger partial charge is 0.359 e. The van der Waals surface area contributed by atoms with Gasteiger partial charge in [-0.3, -0.25) is 14.9 Å². The van der Waals surface area contributed by atoms with Gasteiger partial charge in [0.05, 0.1) is 20.9 Å². The number of sulfone groups is 1. The Morgan fingerprint density at radius 2 is 1.73 bits per heavy atom. The number of carbonyl (C=O) groups excluding carboxylic acids is 2. The molecule has 0 radical (unpaired) electrons. The zero-order chi connectivity index (χ0) is 23.4. The van der Waals surface area contributed by atoms with Crippen molar-refractivity contribution in [2.45, 2.75) is 67.8 Å². The second kappa shape index (κ2) is 8.24. The Kier molecular flexibility index (Phi) is 5.77. The van der Waals surface area contributed by atoms with Gasteiger partial charge in [0.25, 0.3) is 0 Å². The van der Waals surface area contributed by atoms with Gasteiger partial charge < -0.3 is 10.6 Å². The molecule has 9 heteroatoms. The summed E-state index contributed by atoms with van der Waals surface area (Å²) in [7, 11) is -1.96. The van der Waals surface area contributed by atoms with Crippen LogP contribution in [-0.4, -0.2) is 44.7 Å². The molecule has 6 rings (SSSR count). The molecule has 1 aromatic rings. The van der Waals surface area contributed by atoms with E-state index in [2.05, 4.69) is 16.0 Å². The summed E-state index contributed by atoms with van der Waals surface area (Å²) in [5.74, 6) is 0.888. The third-order valence-corrected chi connectivity index (χ3v) is 10.7. The van der Waals surface area contributed by atoms with E-state index in [1.165, 1.54) is 6.07 Å². The van der Waals surface area contributed by atoms with Crippen molar-refractivity contribution < 1.29 is 18.0 Å².